The molecule has 1 fully saturated rings. The molecular weight excluding hydrogens is 166 g/mol. The van der Waals surface area contributed by atoms with E-state index in [0.29, 0.717) is 26.3 Å². The molecule has 0 unspecified atom stereocenters. The molecule has 1 rings (SSSR count). The molecule has 0 saturated carbocycles. The number of amides is 1. The van der Waals surface area contributed by atoms with Crippen LogP contribution < -0.4 is 0 Å². The van der Waals surface area contributed by atoms with Crippen molar-refractivity contribution in [3.8, 4) is 0 Å². The van der Waals surface area contributed by atoms with E-state index in [-0.39, 0.29) is 5.91 Å². The monoisotopic (exact) mass is 182 g/mol. The highest BCUT2D eigenvalue weighted by Crippen LogP contribution is 1.96. The first-order valence-electron chi connectivity index (χ1n) is 4.15. The molecule has 1 aliphatic heterocycles. The Balaban J connectivity index is 0.000000424. The minimum absolute atomic E-state index is 0.00306. The van der Waals surface area contributed by atoms with Gasteiger partial charge in [0.15, 0.2) is 0 Å². The zero-order chi connectivity index (χ0) is 10.1. The summed E-state index contributed by atoms with van der Waals surface area (Å²) in [6.45, 7) is 12.6. The van der Waals surface area contributed by atoms with Crippen molar-refractivity contribution in [2.75, 3.05) is 26.3 Å². The van der Waals surface area contributed by atoms with Crippen molar-refractivity contribution >= 4 is 5.91 Å². The predicted molar refractivity (Wildman–Crippen MR) is 53.2 cm³/mol. The summed E-state index contributed by atoms with van der Waals surface area (Å²) in [5.41, 5.74) is 0. The molecule has 0 aromatic carbocycles. The second kappa shape index (κ2) is 7.55. The van der Waals surface area contributed by atoms with Gasteiger partial charge >= 0.3 is 0 Å². The molecule has 0 spiro atoms. The summed E-state index contributed by atoms with van der Waals surface area (Å²) in [6, 6.07) is 0. The van der Waals surface area contributed by atoms with Gasteiger partial charge in [0.25, 0.3) is 0 Å². The van der Waals surface area contributed by atoms with E-state index in [1.807, 2.05) is 0 Å². The fourth-order valence-electron chi connectivity index (χ4n) is 0.913. The fourth-order valence-corrected chi connectivity index (χ4v) is 0.913. The lowest BCUT2D eigenvalue weighted by atomic mass is 10.4. The Morgan fingerprint density at radius 2 is 1.77 bits per heavy atom. The van der Waals surface area contributed by atoms with Crippen molar-refractivity contribution in [3.05, 3.63) is 32.2 Å². The molecule has 3 heteroatoms. The van der Waals surface area contributed by atoms with Gasteiger partial charge in [-0.05, 0) is 13.0 Å². The molecule has 1 amide bonds. The maximum atomic E-state index is 10.9. The smallest absolute Gasteiger partial charge is 0.246 e. The minimum Gasteiger partial charge on any atom is -0.378 e. The van der Waals surface area contributed by atoms with E-state index in [2.05, 4.69) is 20.1 Å². The number of carbonyl (C=O) groups is 1. The quantitative estimate of drug-likeness (QED) is 0.567. The van der Waals surface area contributed by atoms with Crippen LogP contribution in [0.15, 0.2) is 25.3 Å². The third kappa shape index (κ3) is 5.20. The van der Waals surface area contributed by atoms with E-state index >= 15 is 0 Å². The molecule has 3 nitrogen and oxygen atoms in total. The normalized spacial score (nSPS) is 15.3. The lowest BCUT2D eigenvalue weighted by molar-refractivity contribution is -0.129. The molecule has 0 atom stereocenters. The molecule has 1 heterocycles. The van der Waals surface area contributed by atoms with Crippen molar-refractivity contribution in [3.63, 3.8) is 0 Å². The molecule has 0 N–H and O–H groups in total. The third-order valence-corrected chi connectivity index (χ3v) is 1.50. The molecule has 0 aromatic rings. The number of carbonyl (C=O) groups excluding carboxylic acids is 1. The van der Waals surface area contributed by atoms with Gasteiger partial charge in [-0.25, -0.2) is 0 Å². The highest BCUT2D eigenvalue weighted by Gasteiger charge is 2.12. The standard InChI is InChI=1S/C7H11NO2.C3H5/c1-2-7(9)8-3-5-10-6-4-8;1-3-2/h2H,1,3-6H2;3H,1-2H2. The summed E-state index contributed by atoms with van der Waals surface area (Å²) >= 11 is 0. The molecule has 1 radical (unpaired) electrons. The maximum absolute atomic E-state index is 10.9. The Kier molecular flexibility index (Phi) is 6.92. The zero-order valence-corrected chi connectivity index (χ0v) is 7.87. The Hall–Kier alpha value is -1.09. The van der Waals surface area contributed by atoms with Crippen LogP contribution >= 0.6 is 0 Å². The van der Waals surface area contributed by atoms with Gasteiger partial charge in [-0.2, -0.15) is 0 Å². The Morgan fingerprint density at radius 3 is 2.15 bits per heavy atom. The average molecular weight is 182 g/mol. The highest BCUT2D eigenvalue weighted by atomic mass is 16.5. The number of morpholine rings is 1. The molecule has 1 saturated heterocycles. The molecular formula is C10H16NO2. The second-order valence-electron chi connectivity index (χ2n) is 2.43. The van der Waals surface area contributed by atoms with Crippen LogP contribution in [-0.4, -0.2) is 37.1 Å². The van der Waals surface area contributed by atoms with Crippen LogP contribution in [0.25, 0.3) is 0 Å². The summed E-state index contributed by atoms with van der Waals surface area (Å²) in [5.74, 6) is 0.00306. The van der Waals surface area contributed by atoms with Gasteiger partial charge in [-0.3, -0.25) is 4.79 Å². The van der Waals surface area contributed by atoms with Gasteiger partial charge in [0.2, 0.25) is 5.91 Å². The van der Waals surface area contributed by atoms with Crippen LogP contribution in [0.1, 0.15) is 0 Å². The Labute approximate surface area is 79.7 Å². The fraction of sp³-hybridized carbons (Fsp3) is 0.400. The number of ether oxygens (including phenoxy) is 1. The lowest BCUT2D eigenvalue weighted by Crippen LogP contribution is -2.39. The van der Waals surface area contributed by atoms with Crippen molar-refractivity contribution in [1.82, 2.24) is 4.90 Å². The van der Waals surface area contributed by atoms with Gasteiger partial charge in [-0.1, -0.05) is 12.7 Å². The summed E-state index contributed by atoms with van der Waals surface area (Å²) in [4.78, 5) is 12.7. The number of hydrogen-bond donors (Lipinski definition) is 0. The maximum Gasteiger partial charge on any atom is 0.246 e. The van der Waals surface area contributed by atoms with Crippen LogP contribution in [0, 0.1) is 6.92 Å². The number of nitrogens with zero attached hydrogens (tertiary/aromatic N) is 1. The second-order valence-corrected chi connectivity index (χ2v) is 2.43. The van der Waals surface area contributed by atoms with Crippen molar-refractivity contribution in [1.29, 1.82) is 0 Å². The van der Waals surface area contributed by atoms with Gasteiger partial charge in [0.05, 0.1) is 13.2 Å². The van der Waals surface area contributed by atoms with Crippen LogP contribution in [-0.2, 0) is 9.53 Å². The number of hydrogen-bond acceptors (Lipinski definition) is 2. The van der Waals surface area contributed by atoms with Crippen LogP contribution in [0.4, 0.5) is 0 Å². The van der Waals surface area contributed by atoms with Crippen molar-refractivity contribution in [2.45, 2.75) is 0 Å². The molecule has 1 aliphatic rings. The topological polar surface area (TPSA) is 29.5 Å². The van der Waals surface area contributed by atoms with Crippen molar-refractivity contribution < 1.29 is 9.53 Å². The lowest BCUT2D eigenvalue weighted by Gasteiger charge is -2.25. The molecule has 13 heavy (non-hydrogen) atoms. The van der Waals surface area contributed by atoms with Crippen molar-refractivity contribution in [2.24, 2.45) is 0 Å². The minimum atomic E-state index is 0.00306. The summed E-state index contributed by atoms with van der Waals surface area (Å²) in [5, 5.41) is 0. The first-order chi connectivity index (χ1) is 6.26. The SMILES string of the molecule is C=CC(=O)N1CCOCC1.[CH2]C=C. The van der Waals surface area contributed by atoms with Gasteiger partial charge in [0, 0.05) is 13.1 Å². The molecule has 0 aliphatic carbocycles. The summed E-state index contributed by atoms with van der Waals surface area (Å²) < 4.78 is 5.07. The van der Waals surface area contributed by atoms with Gasteiger partial charge in [-0.15, -0.1) is 6.58 Å². The summed E-state index contributed by atoms with van der Waals surface area (Å²) in [7, 11) is 0. The van der Waals surface area contributed by atoms with Crippen LogP contribution in [0.5, 0.6) is 0 Å². The van der Waals surface area contributed by atoms with Gasteiger partial charge in [0.1, 0.15) is 0 Å². The molecule has 73 valence electrons. The van der Waals surface area contributed by atoms with Crippen LogP contribution in [0.3, 0.4) is 0 Å². The largest absolute Gasteiger partial charge is 0.378 e. The number of rotatable bonds is 1. The third-order valence-electron chi connectivity index (χ3n) is 1.50. The van der Waals surface area contributed by atoms with E-state index in [1.165, 1.54) is 12.2 Å². The van der Waals surface area contributed by atoms with Gasteiger partial charge < -0.3 is 9.64 Å². The van der Waals surface area contributed by atoms with E-state index in [1.54, 1.807) is 4.90 Å². The Bertz CT molecular complexity index is 172. The molecule has 0 aromatic heterocycles. The predicted octanol–water partition coefficient (Wildman–Crippen LogP) is 1.04. The number of allylic oxidation sites excluding steroid dienone is 1. The summed E-state index contributed by atoms with van der Waals surface area (Å²) in [6.07, 6.45) is 2.84. The van der Waals surface area contributed by atoms with E-state index in [4.69, 9.17) is 4.74 Å². The highest BCUT2D eigenvalue weighted by molar-refractivity contribution is 5.87. The van der Waals surface area contributed by atoms with E-state index < -0.39 is 0 Å². The van der Waals surface area contributed by atoms with Crippen LogP contribution in [0.2, 0.25) is 0 Å². The zero-order valence-electron chi connectivity index (χ0n) is 7.87. The first kappa shape index (κ1) is 11.9. The van der Waals surface area contributed by atoms with E-state index in [0.717, 1.165) is 0 Å². The van der Waals surface area contributed by atoms with E-state index in [9.17, 15) is 4.79 Å². The Morgan fingerprint density at radius 1 is 1.31 bits per heavy atom. The average Bonchev–Trinajstić information content (AvgIpc) is 2.19. The molecule has 0 bridgehead atoms. The first-order valence-corrected chi connectivity index (χ1v) is 4.15.